The van der Waals surface area contributed by atoms with Crippen molar-refractivity contribution in [3.63, 3.8) is 0 Å². The lowest BCUT2D eigenvalue weighted by Crippen LogP contribution is -2.46. The Bertz CT molecular complexity index is 281. The fourth-order valence-electron chi connectivity index (χ4n) is 2.94. The summed E-state index contributed by atoms with van der Waals surface area (Å²) in [5.41, 5.74) is 0. The summed E-state index contributed by atoms with van der Waals surface area (Å²) in [7, 11) is 0. The molecule has 1 aliphatic carbocycles. The Balaban J connectivity index is 1.83. The van der Waals surface area contributed by atoms with Crippen molar-refractivity contribution in [2.24, 2.45) is 17.8 Å². The van der Waals surface area contributed by atoms with E-state index in [1.54, 1.807) is 0 Å². The maximum atomic E-state index is 12.0. The van der Waals surface area contributed by atoms with Crippen LogP contribution < -0.4 is 10.6 Å². The maximum absolute atomic E-state index is 12.0. The van der Waals surface area contributed by atoms with Crippen LogP contribution in [-0.4, -0.2) is 31.7 Å². The van der Waals surface area contributed by atoms with Crippen LogP contribution in [0.25, 0.3) is 0 Å². The van der Waals surface area contributed by atoms with E-state index in [0.29, 0.717) is 24.7 Å². The SMILES string of the molecule is O=C(NCC(F)(F)F)C1CC2CNCC(C2)C1. The van der Waals surface area contributed by atoms with Crippen molar-refractivity contribution < 1.29 is 18.0 Å². The van der Waals surface area contributed by atoms with Gasteiger partial charge in [-0.25, -0.2) is 0 Å². The van der Waals surface area contributed by atoms with Crippen LogP contribution in [0.4, 0.5) is 13.2 Å². The van der Waals surface area contributed by atoms with Gasteiger partial charge in [-0.1, -0.05) is 0 Å². The molecule has 2 fully saturated rings. The molecule has 0 spiro atoms. The molecule has 1 heterocycles. The van der Waals surface area contributed by atoms with E-state index in [1.807, 2.05) is 5.32 Å². The second-order valence-electron chi connectivity index (χ2n) is 5.13. The van der Waals surface area contributed by atoms with Crippen LogP contribution in [0.1, 0.15) is 19.3 Å². The molecule has 2 aliphatic rings. The molecule has 0 aromatic heterocycles. The molecule has 6 heteroatoms. The van der Waals surface area contributed by atoms with Gasteiger partial charge in [0.15, 0.2) is 0 Å². The van der Waals surface area contributed by atoms with Gasteiger partial charge in [0, 0.05) is 5.92 Å². The van der Waals surface area contributed by atoms with Gasteiger partial charge in [-0.05, 0) is 44.2 Å². The van der Waals surface area contributed by atoms with Gasteiger partial charge >= 0.3 is 6.18 Å². The lowest BCUT2D eigenvalue weighted by atomic mass is 9.73. The topological polar surface area (TPSA) is 41.1 Å². The second-order valence-corrected chi connectivity index (χ2v) is 5.13. The fraction of sp³-hybridized carbons (Fsp3) is 0.909. The fourth-order valence-corrected chi connectivity index (χ4v) is 2.94. The zero-order valence-corrected chi connectivity index (χ0v) is 9.52. The Kier molecular flexibility index (Phi) is 3.61. The minimum absolute atomic E-state index is 0.233. The monoisotopic (exact) mass is 250 g/mol. The minimum Gasteiger partial charge on any atom is -0.347 e. The molecule has 1 amide bonds. The number of halogens is 3. The van der Waals surface area contributed by atoms with E-state index in [9.17, 15) is 18.0 Å². The smallest absolute Gasteiger partial charge is 0.347 e. The van der Waals surface area contributed by atoms with Gasteiger partial charge in [0.1, 0.15) is 6.54 Å². The molecule has 2 atom stereocenters. The van der Waals surface area contributed by atoms with Gasteiger partial charge in [-0.3, -0.25) is 4.79 Å². The number of alkyl halides is 3. The zero-order chi connectivity index (χ0) is 12.5. The number of piperidine rings is 1. The molecular weight excluding hydrogens is 233 g/mol. The number of carbonyl (C=O) groups is 1. The summed E-state index contributed by atoms with van der Waals surface area (Å²) in [6.45, 7) is 0.565. The first kappa shape index (κ1) is 12.7. The third-order valence-electron chi connectivity index (χ3n) is 3.60. The van der Waals surface area contributed by atoms with Crippen molar-refractivity contribution >= 4 is 5.91 Å². The van der Waals surface area contributed by atoms with Gasteiger partial charge in [-0.15, -0.1) is 0 Å². The summed E-state index contributed by atoms with van der Waals surface area (Å²) in [4.78, 5) is 11.6. The molecule has 0 radical (unpaired) electrons. The summed E-state index contributed by atoms with van der Waals surface area (Å²) in [6.07, 6.45) is -1.78. The highest BCUT2D eigenvalue weighted by Gasteiger charge is 2.36. The number of fused-ring (bicyclic) bond motifs is 2. The molecule has 98 valence electrons. The van der Waals surface area contributed by atoms with E-state index >= 15 is 0 Å². The Morgan fingerprint density at radius 2 is 1.76 bits per heavy atom. The van der Waals surface area contributed by atoms with Crippen LogP contribution in [0.15, 0.2) is 0 Å². The van der Waals surface area contributed by atoms with Gasteiger partial charge < -0.3 is 10.6 Å². The Morgan fingerprint density at radius 1 is 1.18 bits per heavy atom. The van der Waals surface area contributed by atoms with E-state index in [1.165, 1.54) is 0 Å². The summed E-state index contributed by atoms with van der Waals surface area (Å²) in [6, 6.07) is 0. The van der Waals surface area contributed by atoms with Crippen LogP contribution >= 0.6 is 0 Å². The first-order valence-corrected chi connectivity index (χ1v) is 5.99. The van der Waals surface area contributed by atoms with E-state index in [4.69, 9.17) is 0 Å². The molecule has 2 unspecified atom stereocenters. The average Bonchev–Trinajstić information content (AvgIpc) is 2.24. The summed E-state index contributed by atoms with van der Waals surface area (Å²) in [5.74, 6) is 0.232. The Hall–Kier alpha value is -0.780. The van der Waals surface area contributed by atoms with Crippen molar-refractivity contribution in [2.75, 3.05) is 19.6 Å². The molecule has 1 aliphatic heterocycles. The van der Waals surface area contributed by atoms with E-state index in [2.05, 4.69) is 5.32 Å². The minimum atomic E-state index is -4.32. The third-order valence-corrected chi connectivity index (χ3v) is 3.60. The normalized spacial score (nSPS) is 33.2. The molecule has 0 aromatic carbocycles. The third kappa shape index (κ3) is 3.59. The number of rotatable bonds is 2. The van der Waals surface area contributed by atoms with Crippen molar-refractivity contribution in [1.82, 2.24) is 10.6 Å². The van der Waals surface area contributed by atoms with Crippen molar-refractivity contribution in [3.05, 3.63) is 0 Å². The standard InChI is InChI=1S/C11H17F3N2O/c12-11(13,14)6-16-10(17)9-2-7-1-8(3-9)5-15-4-7/h7-9,15H,1-6H2,(H,16,17). The second kappa shape index (κ2) is 4.84. The first-order valence-electron chi connectivity index (χ1n) is 5.99. The summed E-state index contributed by atoms with van der Waals surface area (Å²) in [5, 5.41) is 5.29. The summed E-state index contributed by atoms with van der Waals surface area (Å²) < 4.78 is 36.0. The lowest BCUT2D eigenvalue weighted by Gasteiger charge is -2.38. The van der Waals surface area contributed by atoms with Crippen LogP contribution in [0.3, 0.4) is 0 Å². The number of nitrogens with one attached hydrogen (secondary N) is 2. The quantitative estimate of drug-likeness (QED) is 0.775. The van der Waals surface area contributed by atoms with Crippen molar-refractivity contribution in [3.8, 4) is 0 Å². The summed E-state index contributed by atoms with van der Waals surface area (Å²) >= 11 is 0. The number of hydrogen-bond donors (Lipinski definition) is 2. The predicted octanol–water partition coefficient (Wildman–Crippen LogP) is 1.30. The van der Waals surface area contributed by atoms with Gasteiger partial charge in [0.25, 0.3) is 0 Å². The number of amides is 1. The molecule has 1 saturated heterocycles. The number of hydrogen-bond acceptors (Lipinski definition) is 2. The highest BCUT2D eigenvalue weighted by Crippen LogP contribution is 2.35. The Morgan fingerprint density at radius 3 is 2.29 bits per heavy atom. The lowest BCUT2D eigenvalue weighted by molar-refractivity contribution is -0.142. The van der Waals surface area contributed by atoms with Gasteiger partial charge in [0.05, 0.1) is 0 Å². The van der Waals surface area contributed by atoms with Crippen LogP contribution in [0.2, 0.25) is 0 Å². The molecule has 2 bridgehead atoms. The first-order chi connectivity index (χ1) is 7.94. The van der Waals surface area contributed by atoms with E-state index < -0.39 is 18.6 Å². The highest BCUT2D eigenvalue weighted by molar-refractivity contribution is 5.78. The predicted molar refractivity (Wildman–Crippen MR) is 56.3 cm³/mol. The van der Waals surface area contributed by atoms with Crippen molar-refractivity contribution in [2.45, 2.75) is 25.4 Å². The van der Waals surface area contributed by atoms with Gasteiger partial charge in [0.2, 0.25) is 5.91 Å². The van der Waals surface area contributed by atoms with Crippen molar-refractivity contribution in [1.29, 1.82) is 0 Å². The molecule has 3 nitrogen and oxygen atoms in total. The van der Waals surface area contributed by atoms with Crippen LogP contribution in [0, 0.1) is 17.8 Å². The largest absolute Gasteiger partial charge is 0.405 e. The van der Waals surface area contributed by atoms with Crippen LogP contribution in [0.5, 0.6) is 0 Å². The average molecular weight is 250 g/mol. The zero-order valence-electron chi connectivity index (χ0n) is 9.52. The van der Waals surface area contributed by atoms with E-state index in [0.717, 1.165) is 19.5 Å². The maximum Gasteiger partial charge on any atom is 0.405 e. The molecular formula is C11H17F3N2O. The molecule has 17 heavy (non-hydrogen) atoms. The Labute approximate surface area is 98.1 Å². The highest BCUT2D eigenvalue weighted by atomic mass is 19.4. The molecule has 2 rings (SSSR count). The molecule has 2 N–H and O–H groups in total. The van der Waals surface area contributed by atoms with E-state index in [-0.39, 0.29) is 5.92 Å². The molecule has 1 saturated carbocycles. The molecule has 0 aromatic rings. The van der Waals surface area contributed by atoms with Gasteiger partial charge in [-0.2, -0.15) is 13.2 Å². The number of carbonyl (C=O) groups excluding carboxylic acids is 1. The van der Waals surface area contributed by atoms with Crippen LogP contribution in [-0.2, 0) is 4.79 Å².